The minimum absolute atomic E-state index is 0.0339. The van der Waals surface area contributed by atoms with E-state index in [4.69, 9.17) is 5.11 Å². The van der Waals surface area contributed by atoms with Gasteiger partial charge in [0.1, 0.15) is 6.54 Å². The second kappa shape index (κ2) is 8.12. The fraction of sp³-hybridized carbons (Fsp3) is 0.353. The molecule has 3 N–H and O–H groups in total. The van der Waals surface area contributed by atoms with Gasteiger partial charge in [0, 0.05) is 17.7 Å². The van der Waals surface area contributed by atoms with Gasteiger partial charge < -0.3 is 15.7 Å². The number of amides is 2. The van der Waals surface area contributed by atoms with E-state index in [1.165, 1.54) is 0 Å². The summed E-state index contributed by atoms with van der Waals surface area (Å²) in [5.74, 6) is -1.20. The summed E-state index contributed by atoms with van der Waals surface area (Å²) in [6.45, 7) is -0.423. The Morgan fingerprint density at radius 2 is 1.87 bits per heavy atom. The van der Waals surface area contributed by atoms with Crippen LogP contribution in [0.5, 0.6) is 0 Å². The zero-order valence-electron chi connectivity index (χ0n) is 12.7. The van der Waals surface area contributed by atoms with E-state index in [1.807, 2.05) is 0 Å². The molecule has 0 aromatic heterocycles. The van der Waals surface area contributed by atoms with Gasteiger partial charge in [-0.2, -0.15) is 0 Å². The summed E-state index contributed by atoms with van der Waals surface area (Å²) in [4.78, 5) is 34.1. The molecular weight excluding hydrogens is 296 g/mol. The van der Waals surface area contributed by atoms with Crippen LogP contribution in [0.1, 0.15) is 36.0 Å². The molecule has 6 heteroatoms. The number of rotatable bonds is 6. The molecule has 1 aromatic carbocycles. The van der Waals surface area contributed by atoms with Crippen LogP contribution in [0.25, 0.3) is 0 Å². The molecule has 2 amide bonds. The highest BCUT2D eigenvalue weighted by Crippen LogP contribution is 2.22. The summed E-state index contributed by atoms with van der Waals surface area (Å²) in [7, 11) is 0. The van der Waals surface area contributed by atoms with Gasteiger partial charge >= 0.3 is 5.97 Å². The fourth-order valence-electron chi connectivity index (χ4n) is 2.48. The van der Waals surface area contributed by atoms with Crippen LogP contribution in [0.4, 0.5) is 5.69 Å². The number of hydrogen-bond acceptors (Lipinski definition) is 3. The number of allylic oxidation sites excluding steroid dienone is 2. The number of aliphatic carboxylic acids is 1. The molecule has 6 nitrogen and oxygen atoms in total. The zero-order valence-corrected chi connectivity index (χ0v) is 12.7. The van der Waals surface area contributed by atoms with E-state index in [1.54, 1.807) is 24.3 Å². The molecule has 0 heterocycles. The van der Waals surface area contributed by atoms with E-state index in [0.29, 0.717) is 23.6 Å². The van der Waals surface area contributed by atoms with Gasteiger partial charge in [0.2, 0.25) is 5.91 Å². The Kier molecular flexibility index (Phi) is 5.91. The van der Waals surface area contributed by atoms with E-state index >= 15 is 0 Å². The van der Waals surface area contributed by atoms with Crippen molar-refractivity contribution in [1.82, 2.24) is 5.32 Å². The van der Waals surface area contributed by atoms with Crippen molar-refractivity contribution >= 4 is 23.5 Å². The highest BCUT2D eigenvalue weighted by Gasteiger charge is 2.14. The SMILES string of the molecule is O=C(O)CNC(=O)c1ccc(NC(=O)CC2CC=CCC2)cc1. The average Bonchev–Trinajstić information content (AvgIpc) is 2.54. The Hall–Kier alpha value is -2.63. The first-order chi connectivity index (χ1) is 11.0. The van der Waals surface area contributed by atoms with Gasteiger partial charge in [-0.3, -0.25) is 14.4 Å². The van der Waals surface area contributed by atoms with Crippen LogP contribution in [0.3, 0.4) is 0 Å². The third-order valence-electron chi connectivity index (χ3n) is 3.68. The maximum atomic E-state index is 12.0. The molecule has 0 fully saturated rings. The quantitative estimate of drug-likeness (QED) is 0.701. The van der Waals surface area contributed by atoms with E-state index in [2.05, 4.69) is 22.8 Å². The lowest BCUT2D eigenvalue weighted by atomic mass is 9.91. The van der Waals surface area contributed by atoms with Crippen molar-refractivity contribution in [2.24, 2.45) is 5.92 Å². The summed E-state index contributed by atoms with van der Waals surface area (Å²) in [6, 6.07) is 6.37. The van der Waals surface area contributed by atoms with Crippen molar-refractivity contribution in [3.8, 4) is 0 Å². The molecule has 1 unspecified atom stereocenters. The molecule has 1 aliphatic carbocycles. The molecule has 0 bridgehead atoms. The lowest BCUT2D eigenvalue weighted by molar-refractivity contribution is -0.135. The summed E-state index contributed by atoms with van der Waals surface area (Å²) >= 11 is 0. The molecule has 0 spiro atoms. The number of nitrogens with one attached hydrogen (secondary N) is 2. The first-order valence-electron chi connectivity index (χ1n) is 7.59. The Morgan fingerprint density at radius 3 is 2.48 bits per heavy atom. The minimum Gasteiger partial charge on any atom is -0.480 e. The molecule has 1 aromatic rings. The van der Waals surface area contributed by atoms with Crippen molar-refractivity contribution in [2.45, 2.75) is 25.7 Å². The average molecular weight is 316 g/mol. The van der Waals surface area contributed by atoms with Gasteiger partial charge in [0.25, 0.3) is 5.91 Å². The number of benzene rings is 1. The van der Waals surface area contributed by atoms with Gasteiger partial charge in [-0.1, -0.05) is 12.2 Å². The van der Waals surface area contributed by atoms with Crippen molar-refractivity contribution in [3.05, 3.63) is 42.0 Å². The molecule has 0 saturated heterocycles. The van der Waals surface area contributed by atoms with Crippen molar-refractivity contribution < 1.29 is 19.5 Å². The Morgan fingerprint density at radius 1 is 1.13 bits per heavy atom. The fourth-order valence-corrected chi connectivity index (χ4v) is 2.48. The highest BCUT2D eigenvalue weighted by atomic mass is 16.4. The number of carboxylic acid groups (broad SMARTS) is 1. The van der Waals surface area contributed by atoms with Crippen molar-refractivity contribution in [2.75, 3.05) is 11.9 Å². The van der Waals surface area contributed by atoms with Crippen LogP contribution in [0.2, 0.25) is 0 Å². The summed E-state index contributed by atoms with van der Waals surface area (Å²) < 4.78 is 0. The van der Waals surface area contributed by atoms with Crippen LogP contribution < -0.4 is 10.6 Å². The van der Waals surface area contributed by atoms with Gasteiger partial charge in [0.15, 0.2) is 0 Å². The normalized spacial score (nSPS) is 16.6. The summed E-state index contributed by atoms with van der Waals surface area (Å²) in [5, 5.41) is 13.6. The lowest BCUT2D eigenvalue weighted by Gasteiger charge is -2.17. The van der Waals surface area contributed by atoms with E-state index < -0.39 is 18.4 Å². The lowest BCUT2D eigenvalue weighted by Crippen LogP contribution is -2.29. The number of hydrogen-bond donors (Lipinski definition) is 3. The largest absolute Gasteiger partial charge is 0.480 e. The van der Waals surface area contributed by atoms with Crippen LogP contribution in [-0.2, 0) is 9.59 Å². The van der Waals surface area contributed by atoms with Crippen molar-refractivity contribution in [3.63, 3.8) is 0 Å². The van der Waals surface area contributed by atoms with E-state index in [0.717, 1.165) is 19.3 Å². The Balaban J connectivity index is 1.84. The number of carbonyl (C=O) groups excluding carboxylic acids is 2. The van der Waals surface area contributed by atoms with Gasteiger partial charge in [-0.15, -0.1) is 0 Å². The summed E-state index contributed by atoms with van der Waals surface area (Å²) in [5.41, 5.74) is 0.970. The second-order valence-electron chi connectivity index (χ2n) is 5.56. The molecule has 0 radical (unpaired) electrons. The maximum Gasteiger partial charge on any atom is 0.322 e. The first-order valence-corrected chi connectivity index (χ1v) is 7.59. The van der Waals surface area contributed by atoms with Crippen LogP contribution in [0, 0.1) is 5.92 Å². The molecule has 122 valence electrons. The van der Waals surface area contributed by atoms with Crippen LogP contribution in [0.15, 0.2) is 36.4 Å². The predicted molar refractivity (Wildman–Crippen MR) is 86.1 cm³/mol. The van der Waals surface area contributed by atoms with Gasteiger partial charge in [0.05, 0.1) is 0 Å². The molecule has 2 rings (SSSR count). The van der Waals surface area contributed by atoms with Crippen LogP contribution in [-0.4, -0.2) is 29.4 Å². The minimum atomic E-state index is -1.10. The van der Waals surface area contributed by atoms with Gasteiger partial charge in [-0.05, 0) is 49.4 Å². The predicted octanol–water partition coefficient (Wildman–Crippen LogP) is 2.19. The van der Waals surface area contributed by atoms with Gasteiger partial charge in [-0.25, -0.2) is 0 Å². The third kappa shape index (κ3) is 5.58. The molecule has 1 aliphatic rings. The molecule has 23 heavy (non-hydrogen) atoms. The molecule has 0 aliphatic heterocycles. The molecule has 1 atom stereocenters. The Labute approximate surface area is 134 Å². The Bertz CT molecular complexity index is 608. The number of carboxylic acids is 1. The highest BCUT2D eigenvalue weighted by molar-refractivity contribution is 5.97. The third-order valence-corrected chi connectivity index (χ3v) is 3.68. The van der Waals surface area contributed by atoms with Crippen LogP contribution >= 0.6 is 0 Å². The zero-order chi connectivity index (χ0) is 16.7. The summed E-state index contributed by atoms with van der Waals surface area (Å²) in [6.07, 6.45) is 7.75. The standard InChI is InChI=1S/C17H20N2O4/c20-15(10-12-4-2-1-3-5-12)19-14-8-6-13(7-9-14)17(23)18-11-16(21)22/h1-2,6-9,12H,3-5,10-11H2,(H,18,23)(H,19,20)(H,21,22). The molecule has 0 saturated carbocycles. The van der Waals surface area contributed by atoms with E-state index in [-0.39, 0.29) is 5.91 Å². The second-order valence-corrected chi connectivity index (χ2v) is 5.56. The monoisotopic (exact) mass is 316 g/mol. The topological polar surface area (TPSA) is 95.5 Å². The maximum absolute atomic E-state index is 12.0. The van der Waals surface area contributed by atoms with Crippen molar-refractivity contribution in [1.29, 1.82) is 0 Å². The number of carbonyl (C=O) groups is 3. The number of anilines is 1. The first kappa shape index (κ1) is 16.7. The van der Waals surface area contributed by atoms with E-state index in [9.17, 15) is 14.4 Å². The smallest absolute Gasteiger partial charge is 0.322 e. The molecular formula is C17H20N2O4.